The molecule has 104 valence electrons. The average Bonchev–Trinajstić information content (AvgIpc) is 3.09. The Hall–Kier alpha value is -2.15. The number of carbonyl (C=O) groups excluding carboxylic acids is 2. The quantitative estimate of drug-likeness (QED) is 0.880. The van der Waals surface area contributed by atoms with Gasteiger partial charge in [0.1, 0.15) is 4.88 Å². The van der Waals surface area contributed by atoms with Crippen LogP contribution in [-0.4, -0.2) is 34.0 Å². The van der Waals surface area contributed by atoms with E-state index in [-0.39, 0.29) is 17.9 Å². The average molecular weight is 290 g/mol. The third kappa shape index (κ3) is 2.44. The standard InChI is InChI=1S/C13H14N4O2S/c1-8-11(12(19)16-9-6-10(18)14-7-9)20-13(15-8)17-4-2-3-5-17/h2-5,9H,6-7H2,1H3,(H,14,18)(H,16,19). The summed E-state index contributed by atoms with van der Waals surface area (Å²) in [7, 11) is 0. The third-order valence-electron chi connectivity index (χ3n) is 3.13. The van der Waals surface area contributed by atoms with Gasteiger partial charge in [-0.1, -0.05) is 11.3 Å². The van der Waals surface area contributed by atoms with Crippen molar-refractivity contribution < 1.29 is 9.59 Å². The normalized spacial score (nSPS) is 18.1. The van der Waals surface area contributed by atoms with E-state index >= 15 is 0 Å². The fourth-order valence-electron chi connectivity index (χ4n) is 2.12. The van der Waals surface area contributed by atoms with Crippen molar-refractivity contribution in [2.45, 2.75) is 19.4 Å². The van der Waals surface area contributed by atoms with Gasteiger partial charge in [0.15, 0.2) is 5.13 Å². The molecule has 1 unspecified atom stereocenters. The number of carbonyl (C=O) groups is 2. The van der Waals surface area contributed by atoms with Gasteiger partial charge in [0.2, 0.25) is 5.91 Å². The summed E-state index contributed by atoms with van der Waals surface area (Å²) in [4.78, 5) is 28.3. The summed E-state index contributed by atoms with van der Waals surface area (Å²) in [5, 5.41) is 6.32. The minimum absolute atomic E-state index is 0.0237. The van der Waals surface area contributed by atoms with Crippen molar-refractivity contribution in [3.63, 3.8) is 0 Å². The Balaban J connectivity index is 1.76. The molecule has 20 heavy (non-hydrogen) atoms. The minimum Gasteiger partial charge on any atom is -0.354 e. The first-order valence-electron chi connectivity index (χ1n) is 6.32. The van der Waals surface area contributed by atoms with Gasteiger partial charge >= 0.3 is 0 Å². The van der Waals surface area contributed by atoms with Crippen molar-refractivity contribution in [1.29, 1.82) is 0 Å². The lowest BCUT2D eigenvalue weighted by atomic mass is 10.2. The van der Waals surface area contributed by atoms with Crippen molar-refractivity contribution in [1.82, 2.24) is 20.2 Å². The smallest absolute Gasteiger partial charge is 0.263 e. The molecule has 1 saturated heterocycles. The van der Waals surface area contributed by atoms with Crippen LogP contribution in [0.2, 0.25) is 0 Å². The molecule has 2 aromatic heterocycles. The van der Waals surface area contributed by atoms with Crippen LogP contribution in [0.4, 0.5) is 0 Å². The molecule has 3 rings (SSSR count). The Labute approximate surface area is 119 Å². The highest BCUT2D eigenvalue weighted by Crippen LogP contribution is 2.21. The first-order valence-corrected chi connectivity index (χ1v) is 7.13. The largest absolute Gasteiger partial charge is 0.354 e. The molecule has 6 nitrogen and oxygen atoms in total. The Bertz CT molecular complexity index is 647. The molecule has 1 fully saturated rings. The van der Waals surface area contributed by atoms with Gasteiger partial charge < -0.3 is 15.2 Å². The number of amides is 2. The van der Waals surface area contributed by atoms with Gasteiger partial charge in [-0.15, -0.1) is 0 Å². The summed E-state index contributed by atoms with van der Waals surface area (Å²) >= 11 is 1.34. The van der Waals surface area contributed by atoms with Crippen LogP contribution >= 0.6 is 11.3 Å². The molecule has 0 aromatic carbocycles. The van der Waals surface area contributed by atoms with Gasteiger partial charge in [-0.25, -0.2) is 4.98 Å². The molecule has 0 spiro atoms. The van der Waals surface area contributed by atoms with Crippen LogP contribution in [0.1, 0.15) is 21.8 Å². The van der Waals surface area contributed by atoms with Gasteiger partial charge in [0.05, 0.1) is 11.7 Å². The van der Waals surface area contributed by atoms with Gasteiger partial charge in [-0.3, -0.25) is 9.59 Å². The highest BCUT2D eigenvalue weighted by Gasteiger charge is 2.25. The summed E-state index contributed by atoms with van der Waals surface area (Å²) in [6.07, 6.45) is 4.12. The van der Waals surface area contributed by atoms with E-state index in [0.717, 1.165) is 5.13 Å². The second kappa shape index (κ2) is 5.09. The van der Waals surface area contributed by atoms with Gasteiger partial charge in [0, 0.05) is 25.4 Å². The number of nitrogens with one attached hydrogen (secondary N) is 2. The van der Waals surface area contributed by atoms with Gasteiger partial charge in [-0.05, 0) is 19.1 Å². The zero-order chi connectivity index (χ0) is 14.1. The number of aromatic nitrogens is 2. The molecule has 1 aliphatic rings. The van der Waals surface area contributed by atoms with Crippen molar-refractivity contribution in [3.05, 3.63) is 35.1 Å². The molecular weight excluding hydrogens is 276 g/mol. The van der Waals surface area contributed by atoms with Gasteiger partial charge in [0.25, 0.3) is 5.91 Å². The number of nitrogens with zero attached hydrogens (tertiary/aromatic N) is 2. The number of rotatable bonds is 3. The Morgan fingerprint density at radius 3 is 2.90 bits per heavy atom. The lowest BCUT2D eigenvalue weighted by molar-refractivity contribution is -0.119. The fraction of sp³-hybridized carbons (Fsp3) is 0.308. The van der Waals surface area contributed by atoms with E-state index in [1.165, 1.54) is 11.3 Å². The summed E-state index contributed by atoms with van der Waals surface area (Å²) in [5.41, 5.74) is 0.702. The molecule has 3 heterocycles. The molecule has 2 aromatic rings. The summed E-state index contributed by atoms with van der Waals surface area (Å²) in [6.45, 7) is 2.31. The highest BCUT2D eigenvalue weighted by atomic mass is 32.1. The zero-order valence-electron chi connectivity index (χ0n) is 10.9. The summed E-state index contributed by atoms with van der Waals surface area (Å²) in [6, 6.07) is 3.69. The van der Waals surface area contributed by atoms with Crippen LogP contribution in [0.3, 0.4) is 0 Å². The van der Waals surface area contributed by atoms with Crippen molar-refractivity contribution >= 4 is 23.2 Å². The topological polar surface area (TPSA) is 76.0 Å². The van der Waals surface area contributed by atoms with E-state index in [1.54, 1.807) is 0 Å². The number of thiazole rings is 1. The predicted molar refractivity (Wildman–Crippen MR) is 75.1 cm³/mol. The van der Waals surface area contributed by atoms with Crippen LogP contribution < -0.4 is 10.6 Å². The summed E-state index contributed by atoms with van der Waals surface area (Å²) in [5.74, 6) is -0.190. The molecular formula is C13H14N4O2S. The maximum Gasteiger partial charge on any atom is 0.263 e. The van der Waals surface area contributed by atoms with Crippen LogP contribution in [0, 0.1) is 6.92 Å². The van der Waals surface area contributed by atoms with E-state index in [9.17, 15) is 9.59 Å². The van der Waals surface area contributed by atoms with E-state index in [1.807, 2.05) is 36.0 Å². The molecule has 7 heteroatoms. The third-order valence-corrected chi connectivity index (χ3v) is 4.30. The van der Waals surface area contributed by atoms with Crippen molar-refractivity contribution in [3.8, 4) is 5.13 Å². The number of hydrogen-bond acceptors (Lipinski definition) is 4. The molecule has 0 saturated carbocycles. The van der Waals surface area contributed by atoms with E-state index in [4.69, 9.17) is 0 Å². The molecule has 2 N–H and O–H groups in total. The lowest BCUT2D eigenvalue weighted by Gasteiger charge is -2.08. The highest BCUT2D eigenvalue weighted by molar-refractivity contribution is 7.16. The SMILES string of the molecule is Cc1nc(-n2cccc2)sc1C(=O)NC1CNC(=O)C1. The predicted octanol–water partition coefficient (Wildman–Crippen LogP) is 0.861. The fourth-order valence-corrected chi connectivity index (χ4v) is 3.06. The Kier molecular flexibility index (Phi) is 3.27. The van der Waals surface area contributed by atoms with Crippen molar-refractivity contribution in [2.24, 2.45) is 0 Å². The number of aryl methyl sites for hydroxylation is 1. The van der Waals surface area contributed by atoms with Crippen LogP contribution in [-0.2, 0) is 4.79 Å². The zero-order valence-corrected chi connectivity index (χ0v) is 11.7. The molecule has 2 amide bonds. The molecule has 1 atom stereocenters. The van der Waals surface area contributed by atoms with Crippen LogP contribution in [0.5, 0.6) is 0 Å². The second-order valence-corrected chi connectivity index (χ2v) is 5.66. The molecule has 1 aliphatic heterocycles. The molecule has 0 bridgehead atoms. The first-order chi connectivity index (χ1) is 9.63. The Morgan fingerprint density at radius 1 is 1.50 bits per heavy atom. The Morgan fingerprint density at radius 2 is 2.25 bits per heavy atom. The van der Waals surface area contributed by atoms with Gasteiger partial charge in [-0.2, -0.15) is 0 Å². The monoisotopic (exact) mass is 290 g/mol. The summed E-state index contributed by atoms with van der Waals surface area (Å²) < 4.78 is 1.87. The minimum atomic E-state index is -0.167. The van der Waals surface area contributed by atoms with Crippen LogP contribution in [0.25, 0.3) is 5.13 Å². The molecule has 0 aliphatic carbocycles. The second-order valence-electron chi connectivity index (χ2n) is 4.68. The number of hydrogen-bond donors (Lipinski definition) is 2. The van der Waals surface area contributed by atoms with Crippen molar-refractivity contribution in [2.75, 3.05) is 6.54 Å². The van der Waals surface area contributed by atoms with E-state index in [2.05, 4.69) is 15.6 Å². The molecule has 0 radical (unpaired) electrons. The van der Waals surface area contributed by atoms with E-state index in [0.29, 0.717) is 23.5 Å². The maximum absolute atomic E-state index is 12.2. The van der Waals surface area contributed by atoms with E-state index < -0.39 is 0 Å². The lowest BCUT2D eigenvalue weighted by Crippen LogP contribution is -2.36. The maximum atomic E-state index is 12.2. The first kappa shape index (κ1) is 12.9. The van der Waals surface area contributed by atoms with Crippen LogP contribution in [0.15, 0.2) is 24.5 Å².